The largest absolute Gasteiger partial charge is 0.481 e. The molecule has 0 bridgehead atoms. The second-order valence-electron chi connectivity index (χ2n) is 4.21. The fourth-order valence-electron chi connectivity index (χ4n) is 1.69. The van der Waals surface area contributed by atoms with Crippen LogP contribution < -0.4 is 0 Å². The monoisotopic (exact) mass is 222 g/mol. The van der Waals surface area contributed by atoms with Crippen LogP contribution in [0.25, 0.3) is 0 Å². The van der Waals surface area contributed by atoms with Crippen molar-refractivity contribution in [1.29, 1.82) is 0 Å². The topological polar surface area (TPSA) is 66.8 Å². The standard InChI is InChI=1S/C12H14O4/c1-8(11(13)14)9-2-4-10(5-3-9)12(15)6-16-7-12/h2-5,8,15H,6-7H2,1H3,(H,13,14). The highest BCUT2D eigenvalue weighted by atomic mass is 16.5. The van der Waals surface area contributed by atoms with Crippen molar-refractivity contribution in [2.45, 2.75) is 18.4 Å². The van der Waals surface area contributed by atoms with Gasteiger partial charge in [-0.25, -0.2) is 0 Å². The van der Waals surface area contributed by atoms with E-state index in [0.717, 1.165) is 11.1 Å². The summed E-state index contributed by atoms with van der Waals surface area (Å²) in [5, 5.41) is 18.8. The third-order valence-electron chi connectivity index (χ3n) is 3.00. The zero-order chi connectivity index (χ0) is 11.8. The molecule has 2 N–H and O–H groups in total. The normalized spacial score (nSPS) is 19.9. The SMILES string of the molecule is CC(C(=O)O)c1ccc(C2(O)COC2)cc1. The summed E-state index contributed by atoms with van der Waals surface area (Å²) in [6.07, 6.45) is 0. The number of rotatable bonds is 3. The Bertz CT molecular complexity index is 392. The summed E-state index contributed by atoms with van der Waals surface area (Å²) in [5.41, 5.74) is 0.630. The smallest absolute Gasteiger partial charge is 0.310 e. The number of aliphatic carboxylic acids is 1. The average molecular weight is 222 g/mol. The molecule has 16 heavy (non-hydrogen) atoms. The Kier molecular flexibility index (Phi) is 2.69. The Morgan fingerprint density at radius 2 is 1.94 bits per heavy atom. The molecule has 0 amide bonds. The maximum absolute atomic E-state index is 10.8. The number of hydrogen-bond donors (Lipinski definition) is 2. The van der Waals surface area contributed by atoms with E-state index in [-0.39, 0.29) is 0 Å². The van der Waals surface area contributed by atoms with Gasteiger partial charge in [-0.3, -0.25) is 4.79 Å². The predicted octanol–water partition coefficient (Wildman–Crippen LogP) is 1.09. The van der Waals surface area contributed by atoms with E-state index in [1.807, 2.05) is 0 Å². The molecule has 4 heteroatoms. The zero-order valence-electron chi connectivity index (χ0n) is 9.01. The number of carboxylic acid groups (broad SMARTS) is 1. The summed E-state index contributed by atoms with van der Waals surface area (Å²) in [5.74, 6) is -1.38. The van der Waals surface area contributed by atoms with Gasteiger partial charge in [0.1, 0.15) is 5.60 Å². The van der Waals surface area contributed by atoms with Gasteiger partial charge in [0.15, 0.2) is 0 Å². The number of carboxylic acids is 1. The zero-order valence-corrected chi connectivity index (χ0v) is 9.01. The first-order valence-corrected chi connectivity index (χ1v) is 5.16. The summed E-state index contributed by atoms with van der Waals surface area (Å²) in [4.78, 5) is 10.8. The number of carbonyl (C=O) groups is 1. The van der Waals surface area contributed by atoms with Crippen LogP contribution in [0.1, 0.15) is 24.0 Å². The molecule has 0 aromatic heterocycles. The van der Waals surface area contributed by atoms with Crippen LogP contribution >= 0.6 is 0 Å². The summed E-state index contributed by atoms with van der Waals surface area (Å²) in [6, 6.07) is 7.00. The van der Waals surface area contributed by atoms with E-state index in [0.29, 0.717) is 13.2 Å². The van der Waals surface area contributed by atoms with Crippen LogP contribution in [0.3, 0.4) is 0 Å². The van der Waals surface area contributed by atoms with Crippen molar-refractivity contribution >= 4 is 5.97 Å². The van der Waals surface area contributed by atoms with E-state index >= 15 is 0 Å². The van der Waals surface area contributed by atoms with Gasteiger partial charge in [0.2, 0.25) is 0 Å². The molecule has 86 valence electrons. The van der Waals surface area contributed by atoms with Crippen LogP contribution in [0, 0.1) is 0 Å². The first-order valence-electron chi connectivity index (χ1n) is 5.16. The molecule has 1 aliphatic heterocycles. The van der Waals surface area contributed by atoms with Gasteiger partial charge in [0.05, 0.1) is 19.1 Å². The molecule has 0 aliphatic carbocycles. The first-order chi connectivity index (χ1) is 7.53. The molecule has 1 aromatic rings. The van der Waals surface area contributed by atoms with Gasteiger partial charge in [0.25, 0.3) is 0 Å². The lowest BCUT2D eigenvalue weighted by Crippen LogP contribution is -2.46. The molecule has 1 heterocycles. The number of benzene rings is 1. The molecule has 2 rings (SSSR count). The predicted molar refractivity (Wildman–Crippen MR) is 57.2 cm³/mol. The lowest BCUT2D eigenvalue weighted by Gasteiger charge is -2.36. The Hall–Kier alpha value is -1.39. The van der Waals surface area contributed by atoms with Gasteiger partial charge in [-0.1, -0.05) is 24.3 Å². The maximum atomic E-state index is 10.8. The lowest BCUT2D eigenvalue weighted by molar-refractivity contribution is -0.184. The molecule has 4 nitrogen and oxygen atoms in total. The lowest BCUT2D eigenvalue weighted by atomic mass is 9.90. The summed E-state index contributed by atoms with van der Waals surface area (Å²) < 4.78 is 4.96. The van der Waals surface area contributed by atoms with E-state index in [2.05, 4.69) is 0 Å². The highest BCUT2D eigenvalue weighted by molar-refractivity contribution is 5.75. The molecule has 1 aliphatic rings. The van der Waals surface area contributed by atoms with Crippen LogP contribution in [0.4, 0.5) is 0 Å². The summed E-state index contributed by atoms with van der Waals surface area (Å²) in [7, 11) is 0. The van der Waals surface area contributed by atoms with Crippen molar-refractivity contribution in [3.63, 3.8) is 0 Å². The fourth-order valence-corrected chi connectivity index (χ4v) is 1.69. The minimum atomic E-state index is -0.884. The highest BCUT2D eigenvalue weighted by Gasteiger charge is 2.37. The highest BCUT2D eigenvalue weighted by Crippen LogP contribution is 2.30. The molecule has 1 atom stereocenters. The molecule has 1 aromatic carbocycles. The van der Waals surface area contributed by atoms with Crippen molar-refractivity contribution in [2.24, 2.45) is 0 Å². The molecule has 1 fully saturated rings. The van der Waals surface area contributed by atoms with E-state index in [1.54, 1.807) is 31.2 Å². The molecule has 1 saturated heterocycles. The number of aliphatic hydroxyl groups is 1. The van der Waals surface area contributed by atoms with Gasteiger partial charge < -0.3 is 14.9 Å². The quantitative estimate of drug-likeness (QED) is 0.803. The Labute approximate surface area is 93.5 Å². The fraction of sp³-hybridized carbons (Fsp3) is 0.417. The van der Waals surface area contributed by atoms with Crippen molar-refractivity contribution in [1.82, 2.24) is 0 Å². The second kappa shape index (κ2) is 3.88. The first kappa shape index (κ1) is 11.1. The van der Waals surface area contributed by atoms with Gasteiger partial charge >= 0.3 is 5.97 Å². The van der Waals surface area contributed by atoms with Crippen molar-refractivity contribution in [3.8, 4) is 0 Å². The number of ether oxygens (including phenoxy) is 1. The third-order valence-corrected chi connectivity index (χ3v) is 3.00. The second-order valence-corrected chi connectivity index (χ2v) is 4.21. The van der Waals surface area contributed by atoms with Gasteiger partial charge in [-0.15, -0.1) is 0 Å². The molecule has 0 radical (unpaired) electrons. The van der Waals surface area contributed by atoms with Crippen LogP contribution in [0.15, 0.2) is 24.3 Å². The van der Waals surface area contributed by atoms with Gasteiger partial charge in [-0.05, 0) is 18.1 Å². The Morgan fingerprint density at radius 1 is 1.38 bits per heavy atom. The van der Waals surface area contributed by atoms with Gasteiger partial charge in [0, 0.05) is 0 Å². The van der Waals surface area contributed by atoms with Crippen LogP contribution in [-0.2, 0) is 15.1 Å². The van der Waals surface area contributed by atoms with Crippen molar-refractivity contribution in [2.75, 3.05) is 13.2 Å². The van der Waals surface area contributed by atoms with Crippen LogP contribution in [-0.4, -0.2) is 29.4 Å². The minimum Gasteiger partial charge on any atom is -0.481 e. The average Bonchev–Trinajstić information content (AvgIpc) is 2.25. The molecule has 1 unspecified atom stereocenters. The molecular weight excluding hydrogens is 208 g/mol. The summed E-state index contributed by atoms with van der Waals surface area (Å²) in [6.45, 7) is 2.25. The molecule has 0 spiro atoms. The maximum Gasteiger partial charge on any atom is 0.310 e. The van der Waals surface area contributed by atoms with Crippen molar-refractivity contribution in [3.05, 3.63) is 35.4 Å². The van der Waals surface area contributed by atoms with Crippen LogP contribution in [0.5, 0.6) is 0 Å². The molecule has 0 saturated carbocycles. The number of hydrogen-bond acceptors (Lipinski definition) is 3. The molecular formula is C12H14O4. The van der Waals surface area contributed by atoms with E-state index in [4.69, 9.17) is 9.84 Å². The van der Waals surface area contributed by atoms with E-state index in [1.165, 1.54) is 0 Å². The van der Waals surface area contributed by atoms with E-state index in [9.17, 15) is 9.90 Å². The minimum absolute atomic E-state index is 0.306. The summed E-state index contributed by atoms with van der Waals surface area (Å²) >= 11 is 0. The van der Waals surface area contributed by atoms with Gasteiger partial charge in [-0.2, -0.15) is 0 Å². The van der Waals surface area contributed by atoms with E-state index < -0.39 is 17.5 Å². The van der Waals surface area contributed by atoms with Crippen molar-refractivity contribution < 1.29 is 19.7 Å². The third kappa shape index (κ3) is 1.81. The Balaban J connectivity index is 2.19. The Morgan fingerprint density at radius 3 is 2.31 bits per heavy atom. The van der Waals surface area contributed by atoms with Crippen LogP contribution in [0.2, 0.25) is 0 Å².